The van der Waals surface area contributed by atoms with Crippen LogP contribution in [0, 0.1) is 5.41 Å². The highest BCUT2D eigenvalue weighted by Crippen LogP contribution is 2.29. The summed E-state index contributed by atoms with van der Waals surface area (Å²) in [5, 5.41) is 10.4. The standard InChI is InChI=1S/C17H28OSi/c1-16(2,3)12-13-17(18,19(4,5)6)14-15-10-8-7-9-11-15/h7-13,18H,14H2,1-6H3/b13-12+. The van der Waals surface area contributed by atoms with Crippen LogP contribution in [0.15, 0.2) is 42.5 Å². The highest BCUT2D eigenvalue weighted by atomic mass is 28.3. The summed E-state index contributed by atoms with van der Waals surface area (Å²) < 4.78 is 0. The number of rotatable bonds is 4. The van der Waals surface area contributed by atoms with Gasteiger partial charge in [-0.05, 0) is 11.0 Å². The minimum absolute atomic E-state index is 0.102. The minimum atomic E-state index is -1.72. The molecule has 2 heteroatoms. The lowest BCUT2D eigenvalue weighted by molar-refractivity contribution is 0.165. The summed E-state index contributed by atoms with van der Waals surface area (Å²) in [4.78, 5) is 0. The zero-order valence-electron chi connectivity index (χ0n) is 13.2. The van der Waals surface area contributed by atoms with Crippen molar-refractivity contribution in [3.8, 4) is 0 Å². The smallest absolute Gasteiger partial charge is 0.0874 e. The summed E-state index contributed by atoms with van der Waals surface area (Å²) in [5.74, 6) is 0. The van der Waals surface area contributed by atoms with E-state index in [4.69, 9.17) is 0 Å². The van der Waals surface area contributed by atoms with E-state index in [0.717, 1.165) is 0 Å². The van der Waals surface area contributed by atoms with Crippen molar-refractivity contribution in [3.05, 3.63) is 48.0 Å². The van der Waals surface area contributed by atoms with Crippen molar-refractivity contribution >= 4 is 8.07 Å². The molecule has 0 aliphatic heterocycles. The molecule has 0 amide bonds. The second kappa shape index (κ2) is 5.64. The van der Waals surface area contributed by atoms with Crippen LogP contribution in [-0.4, -0.2) is 18.4 Å². The molecule has 0 aromatic heterocycles. The predicted octanol–water partition coefficient (Wildman–Crippen LogP) is 4.44. The van der Waals surface area contributed by atoms with Crippen LogP contribution in [0.3, 0.4) is 0 Å². The first kappa shape index (κ1) is 16.2. The first-order chi connectivity index (χ1) is 8.54. The first-order valence-corrected chi connectivity index (χ1v) is 10.5. The highest BCUT2D eigenvalue weighted by Gasteiger charge is 2.39. The molecule has 1 nitrogen and oxygen atoms in total. The number of hydrogen-bond acceptors (Lipinski definition) is 1. The maximum atomic E-state index is 11.1. The van der Waals surface area contributed by atoms with Gasteiger partial charge in [0.05, 0.1) is 13.3 Å². The summed E-state index contributed by atoms with van der Waals surface area (Å²) >= 11 is 0. The van der Waals surface area contributed by atoms with Crippen molar-refractivity contribution in [2.24, 2.45) is 5.41 Å². The van der Waals surface area contributed by atoms with Crippen LogP contribution >= 0.6 is 0 Å². The summed E-state index contributed by atoms with van der Waals surface area (Å²) in [6.07, 6.45) is 4.90. The summed E-state index contributed by atoms with van der Waals surface area (Å²) in [6.45, 7) is 13.2. The fourth-order valence-electron chi connectivity index (χ4n) is 1.87. The molecule has 0 aliphatic rings. The topological polar surface area (TPSA) is 20.2 Å². The molecule has 19 heavy (non-hydrogen) atoms. The van der Waals surface area contributed by atoms with Crippen molar-refractivity contribution in [3.63, 3.8) is 0 Å². The molecule has 0 fully saturated rings. The number of allylic oxidation sites excluding steroid dienone is 1. The van der Waals surface area contributed by atoms with Crippen molar-refractivity contribution in [1.29, 1.82) is 0 Å². The third-order valence-corrected chi connectivity index (χ3v) is 6.42. The molecule has 0 radical (unpaired) electrons. The van der Waals surface area contributed by atoms with Crippen LogP contribution in [-0.2, 0) is 6.42 Å². The second-order valence-electron chi connectivity index (χ2n) is 7.54. The molecule has 1 aromatic rings. The van der Waals surface area contributed by atoms with Gasteiger partial charge in [0.1, 0.15) is 0 Å². The Labute approximate surface area is 119 Å². The SMILES string of the molecule is CC(C)(C)/C=C/C(O)(Cc1ccccc1)[Si](C)(C)C. The van der Waals surface area contributed by atoms with Gasteiger partial charge in [-0.2, -0.15) is 0 Å². The Balaban J connectivity index is 3.05. The van der Waals surface area contributed by atoms with Gasteiger partial charge in [-0.3, -0.25) is 0 Å². The van der Waals surface area contributed by atoms with Gasteiger partial charge in [0.15, 0.2) is 0 Å². The van der Waals surface area contributed by atoms with Crippen molar-refractivity contribution in [2.75, 3.05) is 0 Å². The molecule has 1 N–H and O–H groups in total. The van der Waals surface area contributed by atoms with E-state index in [9.17, 15) is 5.11 Å². The zero-order valence-corrected chi connectivity index (χ0v) is 14.2. The third-order valence-electron chi connectivity index (χ3n) is 3.47. The van der Waals surface area contributed by atoms with Crippen LogP contribution in [0.25, 0.3) is 0 Å². The van der Waals surface area contributed by atoms with E-state index in [1.807, 2.05) is 24.3 Å². The van der Waals surface area contributed by atoms with Crippen LogP contribution < -0.4 is 0 Å². The number of hydrogen-bond donors (Lipinski definition) is 1. The predicted molar refractivity (Wildman–Crippen MR) is 87.0 cm³/mol. The maximum Gasteiger partial charge on any atom is 0.0874 e. The van der Waals surface area contributed by atoms with Gasteiger partial charge >= 0.3 is 0 Å². The quantitative estimate of drug-likeness (QED) is 0.637. The molecule has 0 spiro atoms. The zero-order chi connectivity index (χ0) is 14.7. The molecular formula is C17H28OSi. The van der Waals surface area contributed by atoms with Gasteiger partial charge in [0.2, 0.25) is 0 Å². The lowest BCUT2D eigenvalue weighted by Gasteiger charge is -2.37. The molecule has 0 bridgehead atoms. The fraction of sp³-hybridized carbons (Fsp3) is 0.529. The molecule has 106 valence electrons. The molecule has 0 heterocycles. The van der Waals surface area contributed by atoms with E-state index in [1.54, 1.807) is 0 Å². The van der Waals surface area contributed by atoms with Crippen LogP contribution in [0.4, 0.5) is 0 Å². The summed E-state index contributed by atoms with van der Waals surface area (Å²) in [5.41, 5.74) is 1.30. The molecule has 1 aromatic carbocycles. The van der Waals surface area contributed by atoms with Crippen LogP contribution in [0.5, 0.6) is 0 Å². The summed E-state index contributed by atoms with van der Waals surface area (Å²) in [6, 6.07) is 10.3. The Kier molecular flexibility index (Phi) is 4.80. The lowest BCUT2D eigenvalue weighted by Crippen LogP contribution is -2.52. The Morgan fingerprint density at radius 1 is 1.00 bits per heavy atom. The summed E-state index contributed by atoms with van der Waals surface area (Å²) in [7, 11) is -1.72. The van der Waals surface area contributed by atoms with Gasteiger partial charge in [-0.25, -0.2) is 0 Å². The Morgan fingerprint density at radius 2 is 1.53 bits per heavy atom. The van der Waals surface area contributed by atoms with Gasteiger partial charge in [-0.15, -0.1) is 0 Å². The molecule has 1 rings (SSSR count). The van der Waals surface area contributed by atoms with E-state index >= 15 is 0 Å². The van der Waals surface area contributed by atoms with Gasteiger partial charge < -0.3 is 5.11 Å². The number of benzene rings is 1. The van der Waals surface area contributed by atoms with E-state index in [1.165, 1.54) is 5.56 Å². The molecule has 0 aliphatic carbocycles. The van der Waals surface area contributed by atoms with Gasteiger partial charge in [0, 0.05) is 6.42 Å². The minimum Gasteiger partial charge on any atom is -0.389 e. The maximum absolute atomic E-state index is 11.1. The molecule has 1 atom stereocenters. The monoisotopic (exact) mass is 276 g/mol. The fourth-order valence-corrected chi connectivity index (χ4v) is 3.19. The van der Waals surface area contributed by atoms with E-state index in [-0.39, 0.29) is 5.41 Å². The third kappa shape index (κ3) is 4.96. The Hall–Kier alpha value is -0.863. The van der Waals surface area contributed by atoms with Crippen molar-refractivity contribution in [2.45, 2.75) is 52.1 Å². The average Bonchev–Trinajstić information content (AvgIpc) is 2.25. The van der Waals surface area contributed by atoms with Gasteiger partial charge in [-0.1, -0.05) is 82.9 Å². The van der Waals surface area contributed by atoms with Gasteiger partial charge in [0.25, 0.3) is 0 Å². The normalized spacial score (nSPS) is 16.6. The van der Waals surface area contributed by atoms with E-state index in [2.05, 4.69) is 58.6 Å². The van der Waals surface area contributed by atoms with Crippen LogP contribution in [0.2, 0.25) is 19.6 Å². The largest absolute Gasteiger partial charge is 0.389 e. The Morgan fingerprint density at radius 3 is 1.95 bits per heavy atom. The van der Waals surface area contributed by atoms with E-state index < -0.39 is 13.3 Å². The van der Waals surface area contributed by atoms with Crippen molar-refractivity contribution in [1.82, 2.24) is 0 Å². The second-order valence-corrected chi connectivity index (χ2v) is 12.9. The first-order valence-electron chi connectivity index (χ1n) is 7.00. The molecule has 0 saturated carbocycles. The van der Waals surface area contributed by atoms with E-state index in [0.29, 0.717) is 6.42 Å². The average molecular weight is 276 g/mol. The molecule has 1 unspecified atom stereocenters. The molecular weight excluding hydrogens is 248 g/mol. The lowest BCUT2D eigenvalue weighted by atomic mass is 9.94. The van der Waals surface area contributed by atoms with Crippen LogP contribution in [0.1, 0.15) is 26.3 Å². The van der Waals surface area contributed by atoms with Crippen molar-refractivity contribution < 1.29 is 5.11 Å². The molecule has 0 saturated heterocycles. The number of aliphatic hydroxyl groups is 1. The Bertz CT molecular complexity index is 423. The highest BCUT2D eigenvalue weighted by molar-refractivity contribution is 6.79.